The molecule has 106 valence electrons. The molecule has 0 saturated carbocycles. The molecule has 0 aliphatic carbocycles. The van der Waals surface area contributed by atoms with E-state index in [0.717, 1.165) is 6.42 Å². The van der Waals surface area contributed by atoms with Crippen LogP contribution in [0.4, 0.5) is 0 Å². The van der Waals surface area contributed by atoms with Crippen molar-refractivity contribution in [1.82, 2.24) is 5.32 Å². The Morgan fingerprint density at radius 2 is 1.45 bits per heavy atom. The molecule has 0 aromatic heterocycles. The van der Waals surface area contributed by atoms with Gasteiger partial charge in [-0.25, -0.2) is 0 Å². The van der Waals surface area contributed by atoms with Gasteiger partial charge >= 0.3 is 0 Å². The second-order valence-corrected chi connectivity index (χ2v) is 6.74. The highest BCUT2D eigenvalue weighted by molar-refractivity contribution is 14.1. The summed E-state index contributed by atoms with van der Waals surface area (Å²) in [5, 5.41) is 3.43. The van der Waals surface area contributed by atoms with Crippen LogP contribution in [0.3, 0.4) is 0 Å². The van der Waals surface area contributed by atoms with Crippen molar-refractivity contribution in [3.05, 3.63) is 68.8 Å². The third-order valence-corrected chi connectivity index (χ3v) is 4.43. The van der Waals surface area contributed by atoms with E-state index < -0.39 is 0 Å². The van der Waals surface area contributed by atoms with E-state index in [0.29, 0.717) is 12.0 Å². The van der Waals surface area contributed by atoms with Crippen molar-refractivity contribution in [1.29, 1.82) is 0 Å². The molecule has 0 bridgehead atoms. The Balaban J connectivity index is 2.13. The van der Waals surface area contributed by atoms with E-state index in [-0.39, 0.29) is 0 Å². The van der Waals surface area contributed by atoms with Crippen molar-refractivity contribution in [2.75, 3.05) is 7.05 Å². The summed E-state index contributed by atoms with van der Waals surface area (Å²) in [7, 11) is 2.04. The van der Waals surface area contributed by atoms with E-state index in [1.807, 2.05) is 7.05 Å². The van der Waals surface area contributed by atoms with Gasteiger partial charge in [-0.05, 0) is 70.8 Å². The lowest BCUT2D eigenvalue weighted by Crippen LogP contribution is -2.18. The lowest BCUT2D eigenvalue weighted by Gasteiger charge is -2.18. The predicted octanol–water partition coefficient (Wildman–Crippen LogP) is 4.92. The molecule has 0 aliphatic rings. The molecule has 1 N–H and O–H groups in total. The van der Waals surface area contributed by atoms with E-state index in [1.165, 1.54) is 20.3 Å². The minimum atomic E-state index is 0.372. The Bertz CT molecular complexity index is 528. The lowest BCUT2D eigenvalue weighted by atomic mass is 9.95. The summed E-state index contributed by atoms with van der Waals surface area (Å²) in [6.45, 7) is 4.46. The van der Waals surface area contributed by atoms with Gasteiger partial charge < -0.3 is 5.32 Å². The van der Waals surface area contributed by atoms with Crippen LogP contribution in [0.2, 0.25) is 0 Å². The summed E-state index contributed by atoms with van der Waals surface area (Å²) in [5.74, 6) is 0.591. The number of halogens is 1. The molecule has 2 aromatic carbocycles. The fourth-order valence-electron chi connectivity index (χ4n) is 2.36. The van der Waals surface area contributed by atoms with Crippen LogP contribution in [0.15, 0.2) is 48.5 Å². The molecule has 20 heavy (non-hydrogen) atoms. The van der Waals surface area contributed by atoms with Gasteiger partial charge in [-0.1, -0.05) is 50.2 Å². The molecule has 0 amide bonds. The minimum Gasteiger partial charge on any atom is -0.313 e. The number of nitrogens with one attached hydrogen (secondary N) is 1. The number of benzene rings is 2. The molecule has 0 radical (unpaired) electrons. The SMILES string of the molecule is CNC(Cc1ccc(I)cc1)c1ccc(C(C)C)cc1. The summed E-state index contributed by atoms with van der Waals surface area (Å²) in [6, 6.07) is 18.2. The van der Waals surface area contributed by atoms with Gasteiger partial charge in [0.05, 0.1) is 0 Å². The number of hydrogen-bond acceptors (Lipinski definition) is 1. The van der Waals surface area contributed by atoms with Crippen LogP contribution in [-0.2, 0) is 6.42 Å². The van der Waals surface area contributed by atoms with Crippen molar-refractivity contribution < 1.29 is 0 Å². The first-order valence-corrected chi connectivity index (χ1v) is 8.19. The summed E-state index contributed by atoms with van der Waals surface area (Å²) < 4.78 is 1.29. The predicted molar refractivity (Wildman–Crippen MR) is 95.2 cm³/mol. The Morgan fingerprint density at radius 3 is 1.95 bits per heavy atom. The maximum Gasteiger partial charge on any atom is 0.0358 e. The van der Waals surface area contributed by atoms with Gasteiger partial charge in [-0.3, -0.25) is 0 Å². The molecule has 1 nitrogen and oxygen atoms in total. The third-order valence-electron chi connectivity index (χ3n) is 3.71. The summed E-state index contributed by atoms with van der Waals surface area (Å²) >= 11 is 2.35. The summed E-state index contributed by atoms with van der Waals surface area (Å²) in [6.07, 6.45) is 1.02. The highest BCUT2D eigenvalue weighted by Crippen LogP contribution is 2.22. The largest absolute Gasteiger partial charge is 0.313 e. The smallest absolute Gasteiger partial charge is 0.0358 e. The standard InChI is InChI=1S/C18H22IN/c1-13(2)15-6-8-16(9-7-15)18(20-3)12-14-4-10-17(19)11-5-14/h4-11,13,18,20H,12H2,1-3H3. The van der Waals surface area contributed by atoms with Crippen molar-refractivity contribution in [3.63, 3.8) is 0 Å². The van der Waals surface area contributed by atoms with Crippen LogP contribution in [0.1, 0.15) is 42.5 Å². The van der Waals surface area contributed by atoms with Gasteiger partial charge in [0.15, 0.2) is 0 Å². The number of likely N-dealkylation sites (N-methyl/N-ethyl adjacent to an activating group) is 1. The van der Waals surface area contributed by atoms with Crippen molar-refractivity contribution in [2.45, 2.75) is 32.2 Å². The number of hydrogen-bond donors (Lipinski definition) is 1. The molecule has 2 rings (SSSR count). The normalized spacial score (nSPS) is 12.7. The van der Waals surface area contributed by atoms with Gasteiger partial charge in [0.1, 0.15) is 0 Å². The van der Waals surface area contributed by atoms with Gasteiger partial charge in [-0.15, -0.1) is 0 Å². The second kappa shape index (κ2) is 7.23. The Morgan fingerprint density at radius 1 is 0.900 bits per heavy atom. The van der Waals surface area contributed by atoms with Crippen molar-refractivity contribution in [3.8, 4) is 0 Å². The zero-order valence-corrected chi connectivity index (χ0v) is 14.5. The Hall–Kier alpha value is -0.870. The minimum absolute atomic E-state index is 0.372. The van der Waals surface area contributed by atoms with E-state index in [9.17, 15) is 0 Å². The first-order chi connectivity index (χ1) is 9.60. The maximum atomic E-state index is 3.43. The topological polar surface area (TPSA) is 12.0 Å². The molecule has 0 fully saturated rings. The third kappa shape index (κ3) is 4.06. The Kier molecular flexibility index (Phi) is 5.61. The Labute approximate surface area is 135 Å². The average Bonchev–Trinajstić information content (AvgIpc) is 2.47. The van der Waals surface area contributed by atoms with Crippen LogP contribution >= 0.6 is 22.6 Å². The molecule has 2 aromatic rings. The fourth-order valence-corrected chi connectivity index (χ4v) is 2.72. The quantitative estimate of drug-likeness (QED) is 0.728. The van der Waals surface area contributed by atoms with Crippen molar-refractivity contribution >= 4 is 22.6 Å². The maximum absolute atomic E-state index is 3.43. The van der Waals surface area contributed by atoms with Crippen LogP contribution in [-0.4, -0.2) is 7.05 Å². The van der Waals surface area contributed by atoms with Crippen LogP contribution < -0.4 is 5.32 Å². The molecule has 2 heteroatoms. The average molecular weight is 379 g/mol. The first-order valence-electron chi connectivity index (χ1n) is 7.11. The highest BCUT2D eigenvalue weighted by atomic mass is 127. The first kappa shape index (κ1) is 15.5. The number of rotatable bonds is 5. The molecular weight excluding hydrogens is 357 g/mol. The molecule has 0 saturated heterocycles. The van der Waals surface area contributed by atoms with Crippen LogP contribution in [0.5, 0.6) is 0 Å². The molecular formula is C18H22IN. The molecule has 0 aliphatic heterocycles. The van der Waals surface area contributed by atoms with E-state index in [4.69, 9.17) is 0 Å². The summed E-state index contributed by atoms with van der Waals surface area (Å²) in [4.78, 5) is 0. The van der Waals surface area contributed by atoms with Gasteiger partial charge in [0.25, 0.3) is 0 Å². The van der Waals surface area contributed by atoms with E-state index in [1.54, 1.807) is 0 Å². The molecule has 1 unspecified atom stereocenters. The highest BCUT2D eigenvalue weighted by Gasteiger charge is 2.10. The molecule has 1 atom stereocenters. The van der Waals surface area contributed by atoms with Gasteiger partial charge in [-0.2, -0.15) is 0 Å². The monoisotopic (exact) mass is 379 g/mol. The van der Waals surface area contributed by atoms with Crippen LogP contribution in [0.25, 0.3) is 0 Å². The summed E-state index contributed by atoms with van der Waals surface area (Å²) in [5.41, 5.74) is 4.13. The van der Waals surface area contributed by atoms with Crippen molar-refractivity contribution in [2.24, 2.45) is 0 Å². The van der Waals surface area contributed by atoms with E-state index >= 15 is 0 Å². The van der Waals surface area contributed by atoms with E-state index in [2.05, 4.69) is 90.3 Å². The van der Waals surface area contributed by atoms with Gasteiger partial charge in [0.2, 0.25) is 0 Å². The molecule has 0 heterocycles. The lowest BCUT2D eigenvalue weighted by molar-refractivity contribution is 0.591. The zero-order chi connectivity index (χ0) is 14.5. The molecule has 0 spiro atoms. The van der Waals surface area contributed by atoms with Gasteiger partial charge in [0, 0.05) is 9.61 Å². The second-order valence-electron chi connectivity index (χ2n) is 5.49. The van der Waals surface area contributed by atoms with Crippen LogP contribution in [0, 0.1) is 3.57 Å². The fraction of sp³-hybridized carbons (Fsp3) is 0.333. The zero-order valence-electron chi connectivity index (χ0n) is 12.4.